The number of aryl methyl sites for hydroxylation is 1. The molecule has 2 fully saturated rings. The van der Waals surface area contributed by atoms with Crippen molar-refractivity contribution in [3.8, 4) is 22.6 Å². The lowest BCUT2D eigenvalue weighted by molar-refractivity contribution is -0.178. The number of aliphatic hydroxyl groups excluding tert-OH is 2. The molecule has 0 amide bonds. The number of aliphatic hydroxyl groups is 3. The van der Waals surface area contributed by atoms with Gasteiger partial charge in [0, 0.05) is 27.9 Å². The van der Waals surface area contributed by atoms with Gasteiger partial charge in [-0.1, -0.05) is 71.9 Å². The number of fused-ring (bicyclic) bond motifs is 3. The Kier molecular flexibility index (Phi) is 8.42. The molecule has 0 saturated heterocycles. The number of rotatable bonds is 7. The second-order valence-electron chi connectivity index (χ2n) is 15.5. The van der Waals surface area contributed by atoms with Gasteiger partial charge in [-0.25, -0.2) is 0 Å². The van der Waals surface area contributed by atoms with E-state index in [1.54, 1.807) is 33.9 Å². The molecule has 4 aliphatic rings. The molecule has 4 aliphatic carbocycles. The number of allylic oxidation sites excluding steroid dienone is 1. The quantitative estimate of drug-likeness (QED) is 0.226. The summed E-state index contributed by atoms with van der Waals surface area (Å²) in [5.41, 5.74) is -2.56. The molecule has 0 heterocycles. The number of ether oxygens (including phenoxy) is 1. The molecule has 0 radical (unpaired) electrons. The lowest BCUT2D eigenvalue weighted by Crippen LogP contribution is -2.69. The first kappa shape index (κ1) is 34.0. The van der Waals surface area contributed by atoms with Crippen molar-refractivity contribution in [3.05, 3.63) is 63.9 Å². The zero-order valence-corrected chi connectivity index (χ0v) is 28.9. The lowest BCUT2D eigenvalue weighted by Gasteiger charge is -2.59. The van der Waals surface area contributed by atoms with Gasteiger partial charge in [0.05, 0.1) is 12.7 Å². The number of Topliss-reactive ketones (excluding diaryl/α,β-unsaturated/α-hetero) is 3. The molecule has 0 spiro atoms. The maximum atomic E-state index is 14.6. The smallest absolute Gasteiger partial charge is 0.203 e. The molecule has 256 valence electrons. The summed E-state index contributed by atoms with van der Waals surface area (Å²) in [4.78, 5) is 41.1. The first-order valence-corrected chi connectivity index (χ1v) is 17.3. The molecule has 8 nitrogen and oxygen atoms in total. The molecule has 48 heavy (non-hydrogen) atoms. The molecule has 0 aliphatic heterocycles. The molecular weight excluding hydrogens is 608 g/mol. The predicted octanol–water partition coefficient (Wildman–Crippen LogP) is 7.38. The SMILES string of the molecule is COc1ccc(CCC2CCCCC2)cc1-c1ccc(O)c2c1C[C@]1(C)C[C@]3(C)C(C(C)C)C(=O)C(C(C)=O)=C(O)[C@]3(O)C(=O)C1=C2O. The van der Waals surface area contributed by atoms with Crippen molar-refractivity contribution in [1.29, 1.82) is 0 Å². The largest absolute Gasteiger partial charge is 0.508 e. The van der Waals surface area contributed by atoms with E-state index < -0.39 is 56.8 Å². The summed E-state index contributed by atoms with van der Waals surface area (Å²) in [6.07, 6.45) is 8.68. The summed E-state index contributed by atoms with van der Waals surface area (Å²) in [5, 5.41) is 46.9. The highest BCUT2D eigenvalue weighted by Crippen LogP contribution is 2.65. The van der Waals surface area contributed by atoms with Crippen LogP contribution in [0.25, 0.3) is 16.9 Å². The van der Waals surface area contributed by atoms with E-state index >= 15 is 0 Å². The number of phenolic OH excluding ortho intramolecular Hbond substituents is 1. The van der Waals surface area contributed by atoms with Crippen LogP contribution in [0.4, 0.5) is 0 Å². The Hall–Kier alpha value is -3.91. The second kappa shape index (κ2) is 11.9. The number of carbonyl (C=O) groups is 3. The van der Waals surface area contributed by atoms with Crippen LogP contribution in [0.1, 0.15) is 96.3 Å². The van der Waals surface area contributed by atoms with Crippen molar-refractivity contribution < 1.29 is 39.5 Å². The molecule has 2 aromatic rings. The number of carbonyl (C=O) groups excluding carboxylic acids is 3. The van der Waals surface area contributed by atoms with Gasteiger partial charge >= 0.3 is 0 Å². The molecule has 1 unspecified atom stereocenters. The van der Waals surface area contributed by atoms with Crippen LogP contribution >= 0.6 is 0 Å². The average Bonchev–Trinajstić information content (AvgIpc) is 3.02. The van der Waals surface area contributed by atoms with Gasteiger partial charge in [-0.15, -0.1) is 0 Å². The molecule has 4 atom stereocenters. The van der Waals surface area contributed by atoms with Crippen molar-refractivity contribution >= 4 is 23.1 Å². The van der Waals surface area contributed by atoms with Crippen LogP contribution < -0.4 is 4.74 Å². The minimum atomic E-state index is -2.64. The van der Waals surface area contributed by atoms with Crippen molar-refractivity contribution in [3.63, 3.8) is 0 Å². The number of aromatic hydroxyl groups is 1. The van der Waals surface area contributed by atoms with Crippen molar-refractivity contribution in [2.75, 3.05) is 7.11 Å². The molecule has 4 N–H and O–H groups in total. The van der Waals surface area contributed by atoms with E-state index in [0.717, 1.165) is 42.4 Å². The Labute approximate surface area is 282 Å². The van der Waals surface area contributed by atoms with Crippen molar-refractivity contribution in [2.45, 2.75) is 98.0 Å². The molecule has 0 aromatic heterocycles. The van der Waals surface area contributed by atoms with Gasteiger partial charge in [0.15, 0.2) is 17.2 Å². The van der Waals surface area contributed by atoms with Gasteiger partial charge in [-0.3, -0.25) is 14.4 Å². The molecular formula is C40H48O8. The average molecular weight is 657 g/mol. The van der Waals surface area contributed by atoms with E-state index in [1.807, 2.05) is 13.0 Å². The van der Waals surface area contributed by atoms with E-state index in [1.165, 1.54) is 38.2 Å². The topological polar surface area (TPSA) is 141 Å². The van der Waals surface area contributed by atoms with Crippen LogP contribution in [0.15, 0.2) is 47.2 Å². The number of methoxy groups -OCH3 is 1. The summed E-state index contributed by atoms with van der Waals surface area (Å²) >= 11 is 0. The van der Waals surface area contributed by atoms with E-state index in [0.29, 0.717) is 11.3 Å². The van der Waals surface area contributed by atoms with Crippen LogP contribution in [0, 0.1) is 28.6 Å². The van der Waals surface area contributed by atoms with Crippen LogP contribution in [-0.2, 0) is 27.2 Å². The fourth-order valence-electron chi connectivity index (χ4n) is 9.94. The fraction of sp³-hybridized carbons (Fsp3) is 0.525. The first-order valence-electron chi connectivity index (χ1n) is 17.3. The molecule has 2 aromatic carbocycles. The van der Waals surface area contributed by atoms with E-state index in [-0.39, 0.29) is 35.6 Å². The Balaban J connectivity index is 1.52. The fourth-order valence-corrected chi connectivity index (χ4v) is 9.94. The van der Waals surface area contributed by atoms with Crippen LogP contribution in [-0.4, -0.2) is 50.5 Å². The number of benzene rings is 2. The van der Waals surface area contributed by atoms with Gasteiger partial charge in [0.1, 0.15) is 28.6 Å². The highest BCUT2D eigenvalue weighted by molar-refractivity contribution is 6.24. The first-order chi connectivity index (χ1) is 22.6. The minimum Gasteiger partial charge on any atom is -0.508 e. The summed E-state index contributed by atoms with van der Waals surface area (Å²) in [6.45, 7) is 8.15. The monoisotopic (exact) mass is 656 g/mol. The normalized spacial score (nSPS) is 29.1. The Morgan fingerprint density at radius 2 is 1.69 bits per heavy atom. The minimum absolute atomic E-state index is 0.0402. The van der Waals surface area contributed by atoms with Crippen molar-refractivity contribution in [1.82, 2.24) is 0 Å². The standard InChI is InChI=1S/C40H48O8/c1-21(2)32-34(43)30(22(3)41)36(45)40(47)37(46)33-35(44)31-27(19-38(33,4)20-39(32,40)5)25(15-16-28(31)42)26-18-24(14-17-29(26)48-6)13-12-23-10-8-7-9-11-23/h14-18,21,23,32,42,44-45,47H,7-13,19-20H2,1-6H3/t32?,38-,39-,40+/m1/s1. The van der Waals surface area contributed by atoms with Gasteiger partial charge in [-0.2, -0.15) is 0 Å². The van der Waals surface area contributed by atoms with Crippen molar-refractivity contribution in [2.24, 2.45) is 28.6 Å². The van der Waals surface area contributed by atoms with Crippen LogP contribution in [0.3, 0.4) is 0 Å². The van der Waals surface area contributed by atoms with Gasteiger partial charge < -0.3 is 25.2 Å². The highest BCUT2D eigenvalue weighted by Gasteiger charge is 2.72. The Morgan fingerprint density at radius 3 is 2.31 bits per heavy atom. The molecule has 0 bridgehead atoms. The number of ketones is 3. The third kappa shape index (κ3) is 4.85. The third-order valence-electron chi connectivity index (χ3n) is 12.0. The Bertz CT molecular complexity index is 1780. The van der Waals surface area contributed by atoms with E-state index in [9.17, 15) is 34.8 Å². The second-order valence-corrected chi connectivity index (χ2v) is 15.5. The molecule has 2 saturated carbocycles. The van der Waals surface area contributed by atoms with Crippen LogP contribution in [0.5, 0.6) is 11.5 Å². The summed E-state index contributed by atoms with van der Waals surface area (Å²) in [5.74, 6) is -4.00. The lowest BCUT2D eigenvalue weighted by atomic mass is 9.43. The van der Waals surface area contributed by atoms with Crippen LogP contribution in [0.2, 0.25) is 0 Å². The van der Waals surface area contributed by atoms with Gasteiger partial charge in [-0.05, 0) is 79.3 Å². The molecule has 6 rings (SSSR count). The summed E-state index contributed by atoms with van der Waals surface area (Å²) in [6, 6.07) is 9.42. The van der Waals surface area contributed by atoms with E-state index in [2.05, 4.69) is 12.1 Å². The predicted molar refractivity (Wildman–Crippen MR) is 183 cm³/mol. The molecule has 8 heteroatoms. The summed E-state index contributed by atoms with van der Waals surface area (Å²) < 4.78 is 5.82. The highest BCUT2D eigenvalue weighted by atomic mass is 16.5. The van der Waals surface area contributed by atoms with E-state index in [4.69, 9.17) is 4.74 Å². The number of phenols is 1. The zero-order chi connectivity index (χ0) is 34.9. The maximum absolute atomic E-state index is 14.6. The third-order valence-corrected chi connectivity index (χ3v) is 12.0. The number of hydrogen-bond donors (Lipinski definition) is 4. The van der Waals surface area contributed by atoms with Gasteiger partial charge in [0.25, 0.3) is 0 Å². The van der Waals surface area contributed by atoms with Gasteiger partial charge in [0.2, 0.25) is 5.78 Å². The Morgan fingerprint density at radius 1 is 1.00 bits per heavy atom. The maximum Gasteiger partial charge on any atom is 0.203 e. The zero-order valence-electron chi connectivity index (χ0n) is 28.9. The number of hydrogen-bond acceptors (Lipinski definition) is 8. The summed E-state index contributed by atoms with van der Waals surface area (Å²) in [7, 11) is 1.60.